The molecule has 0 unspecified atom stereocenters. The molecule has 1 aromatic carbocycles. The van der Waals surface area contributed by atoms with Crippen molar-refractivity contribution in [3.8, 4) is 6.07 Å². The molecule has 0 heterocycles. The summed E-state index contributed by atoms with van der Waals surface area (Å²) in [5, 5.41) is 8.61. The highest BCUT2D eigenvalue weighted by atomic mass is 19.1. The first kappa shape index (κ1) is 15.0. The molecule has 1 aromatic rings. The second-order valence-electron chi connectivity index (χ2n) is 4.67. The lowest BCUT2D eigenvalue weighted by Gasteiger charge is -2.26. The minimum atomic E-state index is -0.493. The van der Waals surface area contributed by atoms with Crippen molar-refractivity contribution in [1.82, 2.24) is 4.90 Å². The lowest BCUT2D eigenvalue weighted by Crippen LogP contribution is -2.37. The van der Waals surface area contributed by atoms with Crippen LogP contribution in [0, 0.1) is 24.1 Å². The summed E-state index contributed by atoms with van der Waals surface area (Å²) in [7, 11) is 0. The first-order valence-corrected chi connectivity index (χ1v) is 6.12. The van der Waals surface area contributed by atoms with Crippen molar-refractivity contribution >= 4 is 11.6 Å². The van der Waals surface area contributed by atoms with Crippen LogP contribution in [-0.4, -0.2) is 23.4 Å². The molecule has 0 aliphatic carbocycles. The molecule has 102 valence electrons. The Morgan fingerprint density at radius 1 is 1.53 bits per heavy atom. The number of amides is 1. The first-order chi connectivity index (χ1) is 8.88. The molecule has 0 aliphatic rings. The fourth-order valence-corrected chi connectivity index (χ4v) is 1.75. The summed E-state index contributed by atoms with van der Waals surface area (Å²) in [6.07, 6.45) is 0.244. The van der Waals surface area contributed by atoms with E-state index in [-0.39, 0.29) is 29.6 Å². The Kier molecular flexibility index (Phi) is 4.87. The van der Waals surface area contributed by atoms with Crippen molar-refractivity contribution < 1.29 is 9.18 Å². The van der Waals surface area contributed by atoms with Crippen LogP contribution in [0.3, 0.4) is 0 Å². The number of carbonyl (C=O) groups is 1. The Balaban J connectivity index is 3.07. The molecule has 0 spiro atoms. The maximum atomic E-state index is 13.6. The lowest BCUT2D eigenvalue weighted by atomic mass is 10.1. The summed E-state index contributed by atoms with van der Waals surface area (Å²) in [5.74, 6) is -0.803. The molecule has 0 aromatic heterocycles. The second-order valence-corrected chi connectivity index (χ2v) is 4.67. The van der Waals surface area contributed by atoms with E-state index in [1.807, 2.05) is 19.9 Å². The number of anilines is 1. The lowest BCUT2D eigenvalue weighted by molar-refractivity contribution is 0.0710. The maximum Gasteiger partial charge on any atom is 0.254 e. The standard InChI is InChI=1S/C14H18FN3O/c1-9(2)18(6-4-5-16)14(19)11-7-12(15)10(3)13(17)8-11/h7-9H,4,6,17H2,1-3H3. The quantitative estimate of drug-likeness (QED) is 0.848. The fourth-order valence-electron chi connectivity index (χ4n) is 1.75. The maximum absolute atomic E-state index is 13.6. The van der Waals surface area contributed by atoms with Gasteiger partial charge in [-0.2, -0.15) is 5.26 Å². The smallest absolute Gasteiger partial charge is 0.254 e. The molecule has 0 atom stereocenters. The number of nitrogen functional groups attached to an aromatic ring is 1. The Labute approximate surface area is 112 Å². The van der Waals surface area contributed by atoms with Gasteiger partial charge in [-0.15, -0.1) is 0 Å². The predicted octanol–water partition coefficient (Wildman–Crippen LogP) is 2.48. The van der Waals surface area contributed by atoms with E-state index in [0.717, 1.165) is 0 Å². The molecule has 19 heavy (non-hydrogen) atoms. The van der Waals surface area contributed by atoms with Crippen molar-refractivity contribution in [3.63, 3.8) is 0 Å². The van der Waals surface area contributed by atoms with Crippen LogP contribution in [0.2, 0.25) is 0 Å². The van der Waals surface area contributed by atoms with Crippen molar-refractivity contribution in [1.29, 1.82) is 5.26 Å². The highest BCUT2D eigenvalue weighted by Crippen LogP contribution is 2.19. The van der Waals surface area contributed by atoms with E-state index in [1.165, 1.54) is 17.0 Å². The minimum absolute atomic E-state index is 0.0635. The van der Waals surface area contributed by atoms with E-state index in [4.69, 9.17) is 11.0 Å². The zero-order valence-electron chi connectivity index (χ0n) is 11.4. The minimum Gasteiger partial charge on any atom is -0.398 e. The van der Waals surface area contributed by atoms with Crippen molar-refractivity contribution in [2.45, 2.75) is 33.2 Å². The number of halogens is 1. The number of nitrogens with two attached hydrogens (primary N) is 1. The number of hydrogen-bond donors (Lipinski definition) is 1. The van der Waals surface area contributed by atoms with Gasteiger partial charge >= 0.3 is 0 Å². The predicted molar refractivity (Wildman–Crippen MR) is 72.0 cm³/mol. The molecule has 0 saturated heterocycles. The first-order valence-electron chi connectivity index (χ1n) is 6.12. The molecule has 1 rings (SSSR count). The van der Waals surface area contributed by atoms with Gasteiger partial charge in [0, 0.05) is 29.4 Å². The Morgan fingerprint density at radius 2 is 2.16 bits per heavy atom. The summed E-state index contributed by atoms with van der Waals surface area (Å²) in [5.41, 5.74) is 6.48. The largest absolute Gasteiger partial charge is 0.398 e. The average molecular weight is 263 g/mol. The molecule has 2 N–H and O–H groups in total. The van der Waals surface area contributed by atoms with Gasteiger partial charge in [0.05, 0.1) is 12.5 Å². The molecular weight excluding hydrogens is 245 g/mol. The van der Waals surface area contributed by atoms with E-state index >= 15 is 0 Å². The summed E-state index contributed by atoms with van der Waals surface area (Å²) >= 11 is 0. The van der Waals surface area contributed by atoms with Gasteiger partial charge in [-0.25, -0.2) is 4.39 Å². The van der Waals surface area contributed by atoms with Crippen LogP contribution in [0.25, 0.3) is 0 Å². The second kappa shape index (κ2) is 6.19. The number of carbonyl (C=O) groups excluding carboxylic acids is 1. The van der Waals surface area contributed by atoms with Gasteiger partial charge in [-0.1, -0.05) is 0 Å². The molecular formula is C14H18FN3O. The van der Waals surface area contributed by atoms with Crippen LogP contribution in [-0.2, 0) is 0 Å². The van der Waals surface area contributed by atoms with E-state index in [2.05, 4.69) is 0 Å². The number of benzene rings is 1. The Hall–Kier alpha value is -2.09. The topological polar surface area (TPSA) is 70.1 Å². The van der Waals surface area contributed by atoms with Crippen LogP contribution in [0.4, 0.5) is 10.1 Å². The summed E-state index contributed by atoms with van der Waals surface area (Å²) in [6, 6.07) is 4.60. The monoisotopic (exact) mass is 263 g/mol. The van der Waals surface area contributed by atoms with Gasteiger partial charge in [0.25, 0.3) is 5.91 Å². The highest BCUT2D eigenvalue weighted by molar-refractivity contribution is 5.95. The molecule has 0 aliphatic heterocycles. The Bertz CT molecular complexity index is 497. The molecule has 1 amide bonds. The van der Waals surface area contributed by atoms with Crippen LogP contribution in [0.5, 0.6) is 0 Å². The van der Waals surface area contributed by atoms with Crippen molar-refractivity contribution in [3.05, 3.63) is 29.1 Å². The fraction of sp³-hybridized carbons (Fsp3) is 0.429. The summed E-state index contributed by atoms with van der Waals surface area (Å²) in [4.78, 5) is 13.8. The third-order valence-corrected chi connectivity index (χ3v) is 2.98. The van der Waals surface area contributed by atoms with Gasteiger partial charge < -0.3 is 10.6 Å². The normalized spacial score (nSPS) is 10.3. The molecule has 0 radical (unpaired) electrons. The molecule has 4 nitrogen and oxygen atoms in total. The summed E-state index contributed by atoms with van der Waals surface area (Å²) in [6.45, 7) is 5.59. The van der Waals surface area contributed by atoms with Crippen molar-refractivity contribution in [2.75, 3.05) is 12.3 Å². The van der Waals surface area contributed by atoms with E-state index < -0.39 is 5.82 Å². The SMILES string of the molecule is Cc1c(N)cc(C(=O)N(CCC#N)C(C)C)cc1F. The molecule has 0 fully saturated rings. The Morgan fingerprint density at radius 3 is 2.63 bits per heavy atom. The summed E-state index contributed by atoms with van der Waals surface area (Å²) < 4.78 is 13.6. The molecule has 0 saturated carbocycles. The van der Waals surface area contributed by atoms with E-state index in [0.29, 0.717) is 12.1 Å². The number of hydrogen-bond acceptors (Lipinski definition) is 3. The zero-order valence-corrected chi connectivity index (χ0v) is 11.4. The third-order valence-electron chi connectivity index (χ3n) is 2.98. The van der Waals surface area contributed by atoms with Crippen LogP contribution < -0.4 is 5.73 Å². The molecule has 0 bridgehead atoms. The molecule has 5 heteroatoms. The third kappa shape index (κ3) is 3.44. The van der Waals surface area contributed by atoms with Gasteiger partial charge in [0.15, 0.2) is 0 Å². The number of nitriles is 1. The van der Waals surface area contributed by atoms with Crippen molar-refractivity contribution in [2.24, 2.45) is 0 Å². The zero-order chi connectivity index (χ0) is 14.6. The van der Waals surface area contributed by atoms with E-state index in [9.17, 15) is 9.18 Å². The highest BCUT2D eigenvalue weighted by Gasteiger charge is 2.20. The van der Waals surface area contributed by atoms with Gasteiger partial charge in [0.1, 0.15) is 5.82 Å². The average Bonchev–Trinajstić information content (AvgIpc) is 2.35. The number of rotatable bonds is 4. The van der Waals surface area contributed by atoms with Gasteiger partial charge in [-0.3, -0.25) is 4.79 Å². The number of nitrogens with zero attached hydrogens (tertiary/aromatic N) is 2. The van der Waals surface area contributed by atoms with Crippen LogP contribution in [0.15, 0.2) is 12.1 Å². The van der Waals surface area contributed by atoms with Gasteiger partial charge in [0.2, 0.25) is 0 Å². The van der Waals surface area contributed by atoms with Crippen LogP contribution in [0.1, 0.15) is 36.2 Å². The van der Waals surface area contributed by atoms with E-state index in [1.54, 1.807) is 6.92 Å². The van der Waals surface area contributed by atoms with Crippen LogP contribution >= 0.6 is 0 Å². The van der Waals surface area contributed by atoms with Gasteiger partial charge in [-0.05, 0) is 32.9 Å².